The summed E-state index contributed by atoms with van der Waals surface area (Å²) >= 11 is 1.67. The normalized spacial score (nSPS) is 15.8. The molecule has 12 aromatic rings. The minimum absolute atomic E-state index is 0.0533. The summed E-state index contributed by atoms with van der Waals surface area (Å²) < 4.78 is 94.9. The fourth-order valence-electron chi connectivity index (χ4n) is 13.6. The molecule has 4 heterocycles. The maximum atomic E-state index is 9.82. The Bertz CT molecular complexity index is 5050. The summed E-state index contributed by atoms with van der Waals surface area (Å²) in [5.74, 6) is 0. The Morgan fingerprint density at radius 3 is 1.53 bits per heavy atom. The van der Waals surface area contributed by atoms with Crippen molar-refractivity contribution in [2.24, 2.45) is 0 Å². The first-order valence-electron chi connectivity index (χ1n) is 33.8. The molecule has 1 spiro atoms. The van der Waals surface area contributed by atoms with Gasteiger partial charge >= 0.3 is 0 Å². The number of fused-ring (bicyclic) bond motifs is 13. The maximum Gasteiger partial charge on any atom is 0.247 e. The average molecular weight is 1100 g/mol. The first kappa shape index (κ1) is 41.4. The van der Waals surface area contributed by atoms with Crippen molar-refractivity contribution in [2.75, 3.05) is 4.90 Å². The van der Waals surface area contributed by atoms with E-state index in [4.69, 9.17) is 5.48 Å². The van der Waals surface area contributed by atoms with Crippen LogP contribution in [0, 0.1) is 0 Å². The summed E-state index contributed by atoms with van der Waals surface area (Å²) in [5.41, 5.74) is 16.7. The SMILES string of the molecule is [2H]c1c([2H])c([2H])c(-c2ccc3c(c2)C2(c4ccccc4Sc4ccccc42)c2cc(-c4c([2H])c([2H])c([2H])c([2H])c4[2H])cc4c2B3c2ccc(-n3c5ccc(C(C)(C)C)cc5c5cc(C(C)(C)C)ccc53)cc2N4c2ccc(C(C)(C)C)cc2-c2ccccc2)c([2H])c1[2H]. The van der Waals surface area contributed by atoms with Crippen LogP contribution in [0.4, 0.5) is 17.1 Å². The number of rotatable bonds is 5. The Balaban J connectivity index is 1.15. The minimum Gasteiger partial charge on any atom is -0.311 e. The minimum atomic E-state index is -1.25. The van der Waals surface area contributed by atoms with Gasteiger partial charge < -0.3 is 9.47 Å². The molecule has 3 aliphatic heterocycles. The summed E-state index contributed by atoms with van der Waals surface area (Å²) in [6.45, 7) is 19.7. The van der Waals surface area contributed by atoms with E-state index in [9.17, 15) is 8.22 Å². The first-order valence-corrected chi connectivity index (χ1v) is 29.6. The van der Waals surface area contributed by atoms with Crippen LogP contribution in [0.3, 0.4) is 0 Å². The van der Waals surface area contributed by atoms with E-state index in [1.807, 2.05) is 42.5 Å². The third kappa shape index (κ3) is 8.00. The highest BCUT2D eigenvalue weighted by Crippen LogP contribution is 2.59. The van der Waals surface area contributed by atoms with Gasteiger partial charge in [-0.05, 0) is 167 Å². The molecule has 4 heteroatoms. The summed E-state index contributed by atoms with van der Waals surface area (Å²) in [7, 11) is 0. The van der Waals surface area contributed by atoms with Crippen molar-refractivity contribution in [1.29, 1.82) is 0 Å². The Kier molecular flexibility index (Phi) is 9.35. The monoisotopic (exact) mass is 1100 g/mol. The van der Waals surface area contributed by atoms with Crippen molar-refractivity contribution in [1.82, 2.24) is 4.57 Å². The van der Waals surface area contributed by atoms with Crippen molar-refractivity contribution < 1.29 is 13.7 Å². The molecular formula is C79H67BN2S. The number of hydrogen-bond acceptors (Lipinski definition) is 2. The van der Waals surface area contributed by atoms with E-state index < -0.39 is 48.4 Å². The van der Waals surface area contributed by atoms with E-state index in [2.05, 4.69) is 211 Å². The molecule has 15 rings (SSSR count). The summed E-state index contributed by atoms with van der Waals surface area (Å²) in [6, 6.07) is 60.7. The molecule has 1 aromatic heterocycles. The highest BCUT2D eigenvalue weighted by atomic mass is 32.2. The predicted molar refractivity (Wildman–Crippen MR) is 355 cm³/mol. The zero-order valence-corrected chi connectivity index (χ0v) is 49.0. The molecule has 402 valence electrons. The molecule has 0 atom stereocenters. The molecule has 0 fully saturated rings. The second kappa shape index (κ2) is 18.7. The molecule has 0 saturated heterocycles. The molecule has 0 bridgehead atoms. The zero-order chi connectivity index (χ0) is 65.4. The fraction of sp³-hybridized carbons (Fsp3) is 0.165. The summed E-state index contributed by atoms with van der Waals surface area (Å²) in [6.07, 6.45) is 0. The molecule has 3 aliphatic rings. The molecular weight excluding hydrogens is 1020 g/mol. The van der Waals surface area contributed by atoms with Crippen LogP contribution in [-0.2, 0) is 21.7 Å². The van der Waals surface area contributed by atoms with Gasteiger partial charge in [-0.25, -0.2) is 0 Å². The van der Waals surface area contributed by atoms with E-state index in [1.54, 1.807) is 11.8 Å². The van der Waals surface area contributed by atoms with E-state index in [-0.39, 0.29) is 51.5 Å². The third-order valence-electron chi connectivity index (χ3n) is 17.7. The molecule has 11 aromatic carbocycles. The molecule has 0 unspecified atom stereocenters. The van der Waals surface area contributed by atoms with Gasteiger partial charge in [0.1, 0.15) is 0 Å². The van der Waals surface area contributed by atoms with E-state index >= 15 is 0 Å². The Hall–Kier alpha value is -8.57. The van der Waals surface area contributed by atoms with Crippen molar-refractivity contribution in [2.45, 2.75) is 93.8 Å². The lowest BCUT2D eigenvalue weighted by Gasteiger charge is -2.51. The largest absolute Gasteiger partial charge is 0.311 e. The van der Waals surface area contributed by atoms with Crippen LogP contribution in [0.15, 0.2) is 252 Å². The fourth-order valence-corrected chi connectivity index (χ4v) is 14.8. The quantitative estimate of drug-likeness (QED) is 0.159. The van der Waals surface area contributed by atoms with Gasteiger partial charge in [0, 0.05) is 43.2 Å². The van der Waals surface area contributed by atoms with Crippen molar-refractivity contribution in [3.05, 3.63) is 281 Å². The number of nitrogens with zero attached hydrogens (tertiary/aromatic N) is 2. The Labute approximate surface area is 508 Å². The second-order valence-corrected chi connectivity index (χ2v) is 26.8. The lowest BCUT2D eigenvalue weighted by Crippen LogP contribution is -2.65. The van der Waals surface area contributed by atoms with E-state index in [0.29, 0.717) is 11.1 Å². The summed E-state index contributed by atoms with van der Waals surface area (Å²) in [4.78, 5) is 4.33. The Morgan fingerprint density at radius 1 is 0.398 bits per heavy atom. The van der Waals surface area contributed by atoms with Crippen LogP contribution in [0.2, 0.25) is 0 Å². The topological polar surface area (TPSA) is 8.17 Å². The molecule has 0 aliphatic carbocycles. The second-order valence-electron chi connectivity index (χ2n) is 25.8. The van der Waals surface area contributed by atoms with Crippen LogP contribution in [0.25, 0.3) is 60.9 Å². The number of aromatic nitrogens is 1. The highest BCUT2D eigenvalue weighted by Gasteiger charge is 2.54. The number of hydrogen-bond donors (Lipinski definition) is 0. The maximum absolute atomic E-state index is 9.82. The van der Waals surface area contributed by atoms with Crippen molar-refractivity contribution in [3.63, 3.8) is 0 Å². The van der Waals surface area contributed by atoms with Gasteiger partial charge in [0.15, 0.2) is 0 Å². The lowest BCUT2D eigenvalue weighted by molar-refractivity contribution is 0.590. The molecule has 0 N–H and O–H groups in total. The van der Waals surface area contributed by atoms with Crippen LogP contribution in [0.1, 0.15) is 115 Å². The average Bonchev–Trinajstić information content (AvgIpc) is 1.40. The van der Waals surface area contributed by atoms with Crippen LogP contribution >= 0.6 is 11.8 Å². The van der Waals surface area contributed by atoms with Gasteiger partial charge in [-0.1, -0.05) is 249 Å². The van der Waals surface area contributed by atoms with Gasteiger partial charge in [0.2, 0.25) is 6.71 Å². The molecule has 2 nitrogen and oxygen atoms in total. The third-order valence-corrected chi connectivity index (χ3v) is 18.9. The standard InChI is InChI=1S/C79H67BN2S/c1-76(2,3)55-34-40-68(59(46-55)52-27-17-12-18-28-52)82-71-49-58(81-69-41-35-56(77(4,5)6)47-60(69)61-48-57(78(7,8)9)36-42-70(61)81)37-39-67(71)80-66-38-33-53(50-23-13-10-14-24-50)43-64(66)79(62-29-19-21-31-73(62)83-74-32-22-20-30-63(74)79)65-44-54(45-72(82)75(65)80)51-25-15-11-16-26-51/h10-49H,1-9H3/i10D,11D,13D,14D,15D,16D,23D,24D,25D,26D. The van der Waals surface area contributed by atoms with Gasteiger partial charge in [0.05, 0.1) is 35.8 Å². The first-order chi connectivity index (χ1) is 44.2. The predicted octanol–water partition coefficient (Wildman–Crippen LogP) is 19.1. The molecule has 0 amide bonds. The lowest BCUT2D eigenvalue weighted by atomic mass is 9.29. The van der Waals surface area contributed by atoms with Gasteiger partial charge in [-0.15, -0.1) is 0 Å². The van der Waals surface area contributed by atoms with Gasteiger partial charge in [-0.2, -0.15) is 0 Å². The highest BCUT2D eigenvalue weighted by molar-refractivity contribution is 7.99. The summed E-state index contributed by atoms with van der Waals surface area (Å²) in [5, 5.41) is 2.29. The van der Waals surface area contributed by atoms with Crippen molar-refractivity contribution >= 4 is 73.7 Å². The number of anilines is 3. The van der Waals surface area contributed by atoms with Crippen LogP contribution in [-0.4, -0.2) is 11.3 Å². The molecule has 0 saturated carbocycles. The molecule has 0 radical (unpaired) electrons. The Morgan fingerprint density at radius 2 is 0.928 bits per heavy atom. The smallest absolute Gasteiger partial charge is 0.247 e. The van der Waals surface area contributed by atoms with Crippen LogP contribution < -0.4 is 21.3 Å². The number of benzene rings is 11. The zero-order valence-electron chi connectivity index (χ0n) is 58.2. The van der Waals surface area contributed by atoms with E-state index in [1.165, 1.54) is 11.1 Å². The van der Waals surface area contributed by atoms with Gasteiger partial charge in [-0.3, -0.25) is 0 Å². The van der Waals surface area contributed by atoms with Gasteiger partial charge in [0.25, 0.3) is 0 Å². The van der Waals surface area contributed by atoms with Crippen LogP contribution in [0.5, 0.6) is 0 Å². The van der Waals surface area contributed by atoms with E-state index in [0.717, 1.165) is 110 Å². The van der Waals surface area contributed by atoms with Crippen molar-refractivity contribution in [3.8, 4) is 39.1 Å². The molecule has 83 heavy (non-hydrogen) atoms.